The Bertz CT molecular complexity index is 425. The molecule has 0 aromatic carbocycles. The molecule has 1 N–H and O–H groups in total. The molecule has 5 heteroatoms. The Balaban J connectivity index is 1.74. The zero-order chi connectivity index (χ0) is 13.9. The van der Waals surface area contributed by atoms with Crippen molar-refractivity contribution in [2.45, 2.75) is 64.0 Å². The van der Waals surface area contributed by atoms with E-state index >= 15 is 0 Å². The molecule has 3 rings (SSSR count). The molecule has 3 heterocycles. The van der Waals surface area contributed by atoms with Gasteiger partial charge in [-0.2, -0.15) is 4.98 Å². The van der Waals surface area contributed by atoms with E-state index in [1.54, 1.807) is 0 Å². The van der Waals surface area contributed by atoms with Gasteiger partial charge >= 0.3 is 0 Å². The van der Waals surface area contributed by atoms with E-state index in [1.807, 2.05) is 0 Å². The summed E-state index contributed by atoms with van der Waals surface area (Å²) in [6, 6.07) is 0.886. The highest BCUT2D eigenvalue weighted by Crippen LogP contribution is 2.32. The smallest absolute Gasteiger partial charge is 0.231 e. The van der Waals surface area contributed by atoms with Gasteiger partial charge in [0.05, 0.1) is 12.0 Å². The molecule has 5 nitrogen and oxygen atoms in total. The number of piperidine rings is 2. The van der Waals surface area contributed by atoms with Crippen LogP contribution >= 0.6 is 0 Å². The van der Waals surface area contributed by atoms with Crippen molar-refractivity contribution in [2.24, 2.45) is 0 Å². The fourth-order valence-corrected chi connectivity index (χ4v) is 3.46. The van der Waals surface area contributed by atoms with Crippen LogP contribution in [0.15, 0.2) is 4.52 Å². The molecule has 0 aliphatic carbocycles. The lowest BCUT2D eigenvalue weighted by molar-refractivity contribution is 0.104. The maximum absolute atomic E-state index is 5.56. The van der Waals surface area contributed by atoms with Crippen LogP contribution in [0.2, 0.25) is 0 Å². The van der Waals surface area contributed by atoms with Crippen molar-refractivity contribution < 1.29 is 4.52 Å². The van der Waals surface area contributed by atoms with Gasteiger partial charge in [-0.25, -0.2) is 0 Å². The minimum absolute atomic E-state index is 0.345. The maximum Gasteiger partial charge on any atom is 0.231 e. The molecule has 2 unspecified atom stereocenters. The first-order valence-corrected chi connectivity index (χ1v) is 8.05. The van der Waals surface area contributed by atoms with E-state index < -0.39 is 0 Å². The van der Waals surface area contributed by atoms with Crippen LogP contribution in [-0.2, 0) is 0 Å². The Labute approximate surface area is 121 Å². The van der Waals surface area contributed by atoms with Crippen molar-refractivity contribution in [2.75, 3.05) is 19.6 Å². The lowest BCUT2D eigenvalue weighted by atomic mass is 9.98. The van der Waals surface area contributed by atoms with Crippen molar-refractivity contribution in [3.05, 3.63) is 11.7 Å². The van der Waals surface area contributed by atoms with E-state index in [9.17, 15) is 0 Å². The second-order valence-corrected chi connectivity index (χ2v) is 6.38. The van der Waals surface area contributed by atoms with Crippen molar-refractivity contribution in [3.63, 3.8) is 0 Å². The molecule has 0 saturated carbocycles. The molecule has 0 bridgehead atoms. The fraction of sp³-hybridized carbons (Fsp3) is 0.867. The van der Waals surface area contributed by atoms with E-state index in [1.165, 1.54) is 19.3 Å². The molecule has 0 radical (unpaired) electrons. The van der Waals surface area contributed by atoms with Gasteiger partial charge < -0.3 is 9.84 Å². The van der Waals surface area contributed by atoms with Crippen LogP contribution in [0.1, 0.15) is 69.6 Å². The number of nitrogens with zero attached hydrogens (tertiary/aromatic N) is 3. The quantitative estimate of drug-likeness (QED) is 0.920. The summed E-state index contributed by atoms with van der Waals surface area (Å²) in [4.78, 5) is 7.24. The van der Waals surface area contributed by atoms with Crippen LogP contribution in [-0.4, -0.2) is 40.7 Å². The summed E-state index contributed by atoms with van der Waals surface area (Å²) in [5.74, 6) is 2.14. The van der Waals surface area contributed by atoms with Crippen LogP contribution in [0.4, 0.5) is 0 Å². The first-order chi connectivity index (χ1) is 9.75. The van der Waals surface area contributed by atoms with Crippen molar-refractivity contribution >= 4 is 0 Å². The van der Waals surface area contributed by atoms with Crippen molar-refractivity contribution in [1.29, 1.82) is 0 Å². The lowest BCUT2D eigenvalue weighted by Crippen LogP contribution is -2.39. The van der Waals surface area contributed by atoms with Gasteiger partial charge in [0.15, 0.2) is 5.82 Å². The van der Waals surface area contributed by atoms with E-state index in [-0.39, 0.29) is 0 Å². The molecule has 2 aliphatic rings. The zero-order valence-electron chi connectivity index (χ0n) is 12.6. The first kappa shape index (κ1) is 14.0. The average Bonchev–Trinajstić information content (AvgIpc) is 2.98. The van der Waals surface area contributed by atoms with Gasteiger partial charge in [-0.15, -0.1) is 0 Å². The van der Waals surface area contributed by atoms with Crippen LogP contribution < -0.4 is 5.32 Å². The Morgan fingerprint density at radius 1 is 1.25 bits per heavy atom. The van der Waals surface area contributed by atoms with Crippen LogP contribution in [0.25, 0.3) is 0 Å². The number of aromatic nitrogens is 2. The summed E-state index contributed by atoms with van der Waals surface area (Å²) in [6.07, 6.45) is 6.06. The third-order valence-corrected chi connectivity index (χ3v) is 4.61. The fourth-order valence-electron chi connectivity index (χ4n) is 3.46. The summed E-state index contributed by atoms with van der Waals surface area (Å²) < 4.78 is 5.56. The Hall–Kier alpha value is -0.940. The topological polar surface area (TPSA) is 54.2 Å². The molecule has 112 valence electrons. The molecular formula is C15H26N4O. The highest BCUT2D eigenvalue weighted by atomic mass is 16.5. The van der Waals surface area contributed by atoms with Crippen LogP contribution in [0.3, 0.4) is 0 Å². The normalized spacial score (nSPS) is 28.9. The molecule has 0 spiro atoms. The van der Waals surface area contributed by atoms with E-state index in [0.717, 1.165) is 44.2 Å². The number of hydrogen-bond acceptors (Lipinski definition) is 5. The molecule has 20 heavy (non-hydrogen) atoms. The third-order valence-electron chi connectivity index (χ3n) is 4.61. The summed E-state index contributed by atoms with van der Waals surface area (Å²) in [7, 11) is 0. The molecule has 2 aliphatic heterocycles. The molecular weight excluding hydrogens is 252 g/mol. The van der Waals surface area contributed by atoms with E-state index in [2.05, 4.69) is 29.2 Å². The van der Waals surface area contributed by atoms with Gasteiger partial charge in [0, 0.05) is 12.6 Å². The monoisotopic (exact) mass is 278 g/mol. The van der Waals surface area contributed by atoms with Gasteiger partial charge in [-0.1, -0.05) is 11.6 Å². The zero-order valence-corrected chi connectivity index (χ0v) is 12.6. The van der Waals surface area contributed by atoms with E-state index in [0.29, 0.717) is 18.0 Å². The van der Waals surface area contributed by atoms with Gasteiger partial charge in [0.2, 0.25) is 5.89 Å². The van der Waals surface area contributed by atoms with Crippen LogP contribution in [0, 0.1) is 0 Å². The predicted molar refractivity (Wildman–Crippen MR) is 77.6 cm³/mol. The van der Waals surface area contributed by atoms with Crippen LogP contribution in [0.5, 0.6) is 0 Å². The second kappa shape index (κ2) is 6.22. The Kier molecular flexibility index (Phi) is 4.36. The van der Waals surface area contributed by atoms with Gasteiger partial charge in [-0.05, 0) is 52.6 Å². The number of nitrogens with one attached hydrogen (secondary N) is 1. The average molecular weight is 278 g/mol. The highest BCUT2D eigenvalue weighted by Gasteiger charge is 2.31. The standard InChI is InChI=1S/C15H26N4O/c1-11(2)19-9-4-3-7-13(19)14-17-15(20-18-14)12-6-5-8-16-10-12/h11-13,16H,3-10H2,1-2H3. The predicted octanol–water partition coefficient (Wildman–Crippen LogP) is 2.47. The van der Waals surface area contributed by atoms with Gasteiger partial charge in [0.25, 0.3) is 0 Å². The Morgan fingerprint density at radius 2 is 2.15 bits per heavy atom. The molecule has 1 aromatic rings. The third kappa shape index (κ3) is 2.88. The minimum atomic E-state index is 0.345. The number of likely N-dealkylation sites (tertiary alicyclic amines) is 1. The van der Waals surface area contributed by atoms with Crippen molar-refractivity contribution in [1.82, 2.24) is 20.4 Å². The van der Waals surface area contributed by atoms with Crippen molar-refractivity contribution in [3.8, 4) is 0 Å². The van der Waals surface area contributed by atoms with Gasteiger partial charge in [0.1, 0.15) is 0 Å². The highest BCUT2D eigenvalue weighted by molar-refractivity contribution is 5.02. The van der Waals surface area contributed by atoms with E-state index in [4.69, 9.17) is 9.51 Å². The number of rotatable bonds is 3. The number of hydrogen-bond donors (Lipinski definition) is 1. The molecule has 1 aromatic heterocycles. The van der Waals surface area contributed by atoms with Gasteiger partial charge in [-0.3, -0.25) is 4.90 Å². The summed E-state index contributed by atoms with van der Waals surface area (Å²) in [5, 5.41) is 7.70. The lowest BCUT2D eigenvalue weighted by Gasteiger charge is -2.36. The second-order valence-electron chi connectivity index (χ2n) is 6.38. The molecule has 2 saturated heterocycles. The molecule has 2 atom stereocenters. The molecule has 2 fully saturated rings. The Morgan fingerprint density at radius 3 is 2.90 bits per heavy atom. The summed E-state index contributed by atoms with van der Waals surface area (Å²) >= 11 is 0. The summed E-state index contributed by atoms with van der Waals surface area (Å²) in [6.45, 7) is 7.74. The molecule has 0 amide bonds. The largest absolute Gasteiger partial charge is 0.339 e. The summed E-state index contributed by atoms with van der Waals surface area (Å²) in [5.41, 5.74) is 0. The first-order valence-electron chi connectivity index (χ1n) is 8.05. The minimum Gasteiger partial charge on any atom is -0.339 e. The SMILES string of the molecule is CC(C)N1CCCCC1c1noc(C2CCCNC2)n1. The maximum atomic E-state index is 5.56.